The molecule has 0 aliphatic heterocycles. The van der Waals surface area contributed by atoms with Crippen molar-refractivity contribution < 1.29 is 4.92 Å². The minimum Gasteiger partial charge on any atom is -0.385 e. The average Bonchev–Trinajstić information content (AvgIpc) is 2.56. The van der Waals surface area contributed by atoms with Gasteiger partial charge in [-0.25, -0.2) is 0 Å². The molecule has 0 aliphatic rings. The van der Waals surface area contributed by atoms with E-state index in [1.807, 2.05) is 0 Å². The highest BCUT2D eigenvalue weighted by Gasteiger charge is 2.15. The van der Waals surface area contributed by atoms with Gasteiger partial charge in [0.25, 0.3) is 0 Å². The van der Waals surface area contributed by atoms with E-state index in [2.05, 4.69) is 0 Å². The van der Waals surface area contributed by atoms with E-state index >= 15 is 0 Å². The van der Waals surface area contributed by atoms with Crippen molar-refractivity contribution in [1.82, 2.24) is 0 Å². The summed E-state index contributed by atoms with van der Waals surface area (Å²) in [6, 6.07) is 4.54. The van der Waals surface area contributed by atoms with Gasteiger partial charge in [-0.2, -0.15) is 10.5 Å². The molecule has 0 radical (unpaired) electrons. The van der Waals surface area contributed by atoms with Gasteiger partial charge in [0.15, 0.2) is 5.00 Å². The van der Waals surface area contributed by atoms with Gasteiger partial charge in [0.2, 0.25) is 0 Å². The first-order valence-corrected chi connectivity index (χ1v) is 4.45. The second kappa shape index (κ2) is 4.22. The van der Waals surface area contributed by atoms with Crippen molar-refractivity contribution in [2.45, 2.75) is 0 Å². The van der Waals surface area contributed by atoms with Crippen LogP contribution in [0.2, 0.25) is 0 Å². The maximum Gasteiger partial charge on any atom is 0.303 e. The van der Waals surface area contributed by atoms with Crippen molar-refractivity contribution in [2.24, 2.45) is 0 Å². The molecule has 1 aromatic heterocycles. The summed E-state index contributed by atoms with van der Waals surface area (Å²) in [5.74, 6) is 0. The Labute approximate surface area is 88.6 Å². The first-order valence-electron chi connectivity index (χ1n) is 3.64. The third-order valence-corrected chi connectivity index (χ3v) is 2.38. The van der Waals surface area contributed by atoms with Crippen molar-refractivity contribution >= 4 is 28.1 Å². The smallest absolute Gasteiger partial charge is 0.303 e. The predicted octanol–water partition coefficient (Wildman–Crippen LogP) is 1.67. The molecule has 6 nitrogen and oxygen atoms in total. The van der Waals surface area contributed by atoms with E-state index in [9.17, 15) is 10.1 Å². The quantitative estimate of drug-likeness (QED) is 0.462. The first kappa shape index (κ1) is 10.7. The molecule has 0 saturated heterocycles. The monoisotopic (exact) mass is 220 g/mol. The first-order chi connectivity index (χ1) is 7.08. The molecule has 0 atom stereocenters. The minimum atomic E-state index is -0.610. The zero-order valence-electron chi connectivity index (χ0n) is 7.30. The Bertz CT molecular complexity index is 502. The average molecular weight is 220 g/mol. The Morgan fingerprint density at radius 3 is 2.60 bits per heavy atom. The topological polar surface area (TPSA) is 117 Å². The fourth-order valence-electron chi connectivity index (χ4n) is 0.860. The van der Waals surface area contributed by atoms with Gasteiger partial charge < -0.3 is 5.73 Å². The van der Waals surface area contributed by atoms with Crippen molar-refractivity contribution in [1.29, 1.82) is 10.5 Å². The zero-order chi connectivity index (χ0) is 11.4. The molecule has 0 aliphatic carbocycles. The Morgan fingerprint density at radius 1 is 1.60 bits per heavy atom. The predicted molar refractivity (Wildman–Crippen MR) is 54.6 cm³/mol. The van der Waals surface area contributed by atoms with Gasteiger partial charge in [0.05, 0.1) is 4.92 Å². The Kier molecular flexibility index (Phi) is 3.01. The highest BCUT2D eigenvalue weighted by atomic mass is 32.1. The summed E-state index contributed by atoms with van der Waals surface area (Å²) >= 11 is 0.959. The number of thiophene rings is 1. The summed E-state index contributed by atoms with van der Waals surface area (Å²) in [5.41, 5.74) is 5.06. The van der Waals surface area contributed by atoms with Crippen LogP contribution in [-0.2, 0) is 0 Å². The van der Waals surface area contributed by atoms with Crippen molar-refractivity contribution in [2.75, 3.05) is 5.73 Å². The molecule has 0 aromatic carbocycles. The molecule has 1 rings (SSSR count). The SMILES string of the molecule is N#CC(C#N)=Cc1cc([N+](=O)[O-])c(N)s1. The van der Waals surface area contributed by atoms with E-state index in [1.54, 1.807) is 12.1 Å². The summed E-state index contributed by atoms with van der Waals surface area (Å²) in [6.07, 6.45) is 1.26. The summed E-state index contributed by atoms with van der Waals surface area (Å²) in [7, 11) is 0. The molecule has 2 N–H and O–H groups in total. The van der Waals surface area contributed by atoms with Crippen LogP contribution in [0.1, 0.15) is 4.88 Å². The maximum atomic E-state index is 10.4. The number of anilines is 1. The van der Waals surface area contributed by atoms with Crippen LogP contribution in [0.4, 0.5) is 10.7 Å². The van der Waals surface area contributed by atoms with Gasteiger partial charge in [-0.15, -0.1) is 11.3 Å². The second-order valence-corrected chi connectivity index (χ2v) is 3.55. The van der Waals surface area contributed by atoms with E-state index in [0.717, 1.165) is 11.3 Å². The van der Waals surface area contributed by atoms with Crippen LogP contribution >= 0.6 is 11.3 Å². The number of hydrogen-bond donors (Lipinski definition) is 1. The van der Waals surface area contributed by atoms with Crippen LogP contribution in [0.15, 0.2) is 11.6 Å². The standard InChI is InChI=1S/C8H4N4O2S/c9-3-5(4-10)1-6-2-7(12(13)14)8(11)15-6/h1-2H,11H2. The number of rotatable bonds is 2. The fourth-order valence-corrected chi connectivity index (χ4v) is 1.70. The van der Waals surface area contributed by atoms with Crippen LogP contribution in [0.3, 0.4) is 0 Å². The summed E-state index contributed by atoms with van der Waals surface area (Å²) in [4.78, 5) is 10.2. The van der Waals surface area contributed by atoms with Crippen LogP contribution in [-0.4, -0.2) is 4.92 Å². The highest BCUT2D eigenvalue weighted by molar-refractivity contribution is 7.17. The van der Waals surface area contributed by atoms with E-state index in [4.69, 9.17) is 16.3 Å². The van der Waals surface area contributed by atoms with Gasteiger partial charge in [0.1, 0.15) is 17.7 Å². The number of nitrogens with zero attached hydrogens (tertiary/aromatic N) is 3. The number of hydrogen-bond acceptors (Lipinski definition) is 6. The van der Waals surface area contributed by atoms with Gasteiger partial charge in [-0.1, -0.05) is 0 Å². The lowest BCUT2D eigenvalue weighted by Crippen LogP contribution is -1.89. The van der Waals surface area contributed by atoms with Gasteiger partial charge >= 0.3 is 5.69 Å². The molecule has 1 aromatic rings. The molecule has 7 heteroatoms. The molecule has 0 spiro atoms. The Balaban J connectivity index is 3.16. The third kappa shape index (κ3) is 2.30. The summed E-state index contributed by atoms with van der Waals surface area (Å²) in [5, 5.41) is 27.4. The number of nitrogen functional groups attached to an aromatic ring is 1. The van der Waals surface area contributed by atoms with Gasteiger partial charge in [-0.05, 0) is 6.08 Å². The lowest BCUT2D eigenvalue weighted by molar-refractivity contribution is -0.383. The van der Waals surface area contributed by atoms with Crippen molar-refractivity contribution in [3.8, 4) is 12.1 Å². The van der Waals surface area contributed by atoms with E-state index in [-0.39, 0.29) is 16.3 Å². The number of nitro groups is 1. The van der Waals surface area contributed by atoms with Gasteiger partial charge in [-0.3, -0.25) is 10.1 Å². The summed E-state index contributed by atoms with van der Waals surface area (Å²) in [6.45, 7) is 0. The van der Waals surface area contributed by atoms with Crippen molar-refractivity contribution in [3.05, 3.63) is 26.6 Å². The molecule has 1 heterocycles. The molecule has 0 bridgehead atoms. The zero-order valence-corrected chi connectivity index (χ0v) is 8.11. The third-order valence-electron chi connectivity index (χ3n) is 1.48. The molecular formula is C8H4N4O2S. The summed E-state index contributed by atoms with van der Waals surface area (Å²) < 4.78 is 0. The lowest BCUT2D eigenvalue weighted by atomic mass is 10.3. The second-order valence-electron chi connectivity index (χ2n) is 2.44. The lowest BCUT2D eigenvalue weighted by Gasteiger charge is -1.83. The largest absolute Gasteiger partial charge is 0.385 e. The molecule has 0 saturated carbocycles. The fraction of sp³-hybridized carbons (Fsp3) is 0. The van der Waals surface area contributed by atoms with E-state index < -0.39 is 4.92 Å². The molecule has 15 heavy (non-hydrogen) atoms. The molecule has 0 amide bonds. The molecular weight excluding hydrogens is 216 g/mol. The molecule has 0 fully saturated rings. The molecule has 74 valence electrons. The Morgan fingerprint density at radius 2 is 2.20 bits per heavy atom. The number of nitrogens with two attached hydrogens (primary N) is 1. The van der Waals surface area contributed by atoms with Gasteiger partial charge in [0, 0.05) is 10.9 Å². The van der Waals surface area contributed by atoms with Crippen LogP contribution < -0.4 is 5.73 Å². The van der Waals surface area contributed by atoms with Crippen molar-refractivity contribution in [3.63, 3.8) is 0 Å². The van der Waals surface area contributed by atoms with E-state index in [0.29, 0.717) is 4.88 Å². The Hall–Kier alpha value is -2.38. The number of allylic oxidation sites excluding steroid dienone is 1. The highest BCUT2D eigenvalue weighted by Crippen LogP contribution is 2.32. The van der Waals surface area contributed by atoms with Crippen LogP contribution in [0, 0.1) is 32.8 Å². The van der Waals surface area contributed by atoms with Crippen LogP contribution in [0.25, 0.3) is 6.08 Å². The number of nitriles is 2. The minimum absolute atomic E-state index is 0.0569. The van der Waals surface area contributed by atoms with Crippen LogP contribution in [0.5, 0.6) is 0 Å². The molecule has 0 unspecified atom stereocenters. The van der Waals surface area contributed by atoms with E-state index in [1.165, 1.54) is 12.1 Å². The normalized spacial score (nSPS) is 8.67. The maximum absolute atomic E-state index is 10.4.